The molecule has 0 unspecified atom stereocenters. The molecule has 0 radical (unpaired) electrons. The molecule has 20 heavy (non-hydrogen) atoms. The maximum atomic E-state index is 12.4. The number of carboxylic acids is 1. The Morgan fingerprint density at radius 2 is 1.80 bits per heavy atom. The maximum absolute atomic E-state index is 12.4. The molecular formula is C12H13F3N2O3. The number of aliphatic carboxylic acids is 1. The van der Waals surface area contributed by atoms with Gasteiger partial charge in [0.1, 0.15) is 19.1 Å². The molecule has 0 aliphatic rings. The zero-order valence-corrected chi connectivity index (χ0v) is 10.3. The Balaban J connectivity index is 2.89. The first-order valence-electron chi connectivity index (χ1n) is 5.58. The number of amides is 1. The normalized spacial score (nSPS) is 12.8. The summed E-state index contributed by atoms with van der Waals surface area (Å²) in [5.41, 5.74) is 5.90. The van der Waals surface area contributed by atoms with Crippen LogP contribution in [-0.2, 0) is 9.59 Å². The highest BCUT2D eigenvalue weighted by Crippen LogP contribution is 2.19. The second-order valence-corrected chi connectivity index (χ2v) is 4.09. The summed E-state index contributed by atoms with van der Waals surface area (Å²) in [5.74, 6) is -2.63. The van der Waals surface area contributed by atoms with Gasteiger partial charge in [-0.15, -0.1) is 0 Å². The van der Waals surface area contributed by atoms with Crippen LogP contribution in [0.3, 0.4) is 0 Å². The summed E-state index contributed by atoms with van der Waals surface area (Å²) in [6, 6.07) is 6.44. The van der Waals surface area contributed by atoms with Crippen molar-refractivity contribution in [2.75, 3.05) is 13.1 Å². The van der Waals surface area contributed by atoms with Crippen LogP contribution in [0.2, 0.25) is 0 Å². The van der Waals surface area contributed by atoms with Gasteiger partial charge >= 0.3 is 12.1 Å². The number of carbonyl (C=O) groups excluding carboxylic acids is 1. The standard InChI is InChI=1S/C12H13F3N2O3/c13-12(14,15)7-17(6-9(18)19)11(20)10(16)8-4-2-1-3-5-8/h1-5,10H,6-7,16H2,(H,18,19)/t10-/m1/s1. The lowest BCUT2D eigenvalue weighted by atomic mass is 10.1. The predicted octanol–water partition coefficient (Wildman–Crippen LogP) is 1.16. The van der Waals surface area contributed by atoms with Gasteiger partial charge in [-0.3, -0.25) is 9.59 Å². The molecule has 1 aromatic rings. The van der Waals surface area contributed by atoms with E-state index in [1.54, 1.807) is 18.2 Å². The average Bonchev–Trinajstić information content (AvgIpc) is 2.35. The Hall–Kier alpha value is -2.09. The number of carboxylic acid groups (broad SMARTS) is 1. The summed E-state index contributed by atoms with van der Waals surface area (Å²) >= 11 is 0. The van der Waals surface area contributed by atoms with Crippen LogP contribution >= 0.6 is 0 Å². The van der Waals surface area contributed by atoms with Crippen LogP contribution in [0.1, 0.15) is 11.6 Å². The molecule has 1 rings (SSSR count). The topological polar surface area (TPSA) is 83.6 Å². The molecule has 5 nitrogen and oxygen atoms in total. The molecule has 0 aromatic heterocycles. The predicted molar refractivity (Wildman–Crippen MR) is 63.6 cm³/mol. The highest BCUT2D eigenvalue weighted by molar-refractivity contribution is 5.86. The van der Waals surface area contributed by atoms with Crippen LogP contribution in [0.15, 0.2) is 30.3 Å². The highest BCUT2D eigenvalue weighted by atomic mass is 19.4. The maximum Gasteiger partial charge on any atom is 0.406 e. The number of nitrogens with zero attached hydrogens (tertiary/aromatic N) is 1. The quantitative estimate of drug-likeness (QED) is 0.852. The zero-order chi connectivity index (χ0) is 15.3. The zero-order valence-electron chi connectivity index (χ0n) is 10.3. The van der Waals surface area contributed by atoms with Crippen LogP contribution in [0.25, 0.3) is 0 Å². The van der Waals surface area contributed by atoms with E-state index in [4.69, 9.17) is 10.8 Å². The third-order valence-electron chi connectivity index (χ3n) is 2.43. The summed E-state index contributed by atoms with van der Waals surface area (Å²) in [5, 5.41) is 8.58. The van der Waals surface area contributed by atoms with Crippen molar-refractivity contribution in [2.24, 2.45) is 5.73 Å². The van der Waals surface area contributed by atoms with Crippen molar-refractivity contribution < 1.29 is 27.9 Å². The Morgan fingerprint density at radius 1 is 1.25 bits per heavy atom. The van der Waals surface area contributed by atoms with Gasteiger partial charge in [-0.2, -0.15) is 13.2 Å². The molecule has 8 heteroatoms. The van der Waals surface area contributed by atoms with E-state index in [-0.39, 0.29) is 4.90 Å². The van der Waals surface area contributed by atoms with E-state index < -0.39 is 37.2 Å². The van der Waals surface area contributed by atoms with E-state index in [1.165, 1.54) is 12.1 Å². The van der Waals surface area contributed by atoms with E-state index in [9.17, 15) is 22.8 Å². The van der Waals surface area contributed by atoms with Gasteiger partial charge in [0.15, 0.2) is 0 Å². The Labute approximate surface area is 112 Å². The van der Waals surface area contributed by atoms with Crippen molar-refractivity contribution in [1.82, 2.24) is 4.90 Å². The minimum atomic E-state index is -4.69. The van der Waals surface area contributed by atoms with Gasteiger partial charge in [0.25, 0.3) is 0 Å². The van der Waals surface area contributed by atoms with Gasteiger partial charge < -0.3 is 15.7 Å². The number of hydrogen-bond acceptors (Lipinski definition) is 3. The lowest BCUT2D eigenvalue weighted by molar-refractivity contribution is -0.166. The molecule has 1 aromatic carbocycles. The Bertz CT molecular complexity index is 477. The van der Waals surface area contributed by atoms with Crippen molar-refractivity contribution in [2.45, 2.75) is 12.2 Å². The fourth-order valence-electron chi connectivity index (χ4n) is 1.59. The van der Waals surface area contributed by atoms with Gasteiger partial charge in [-0.1, -0.05) is 30.3 Å². The van der Waals surface area contributed by atoms with Gasteiger partial charge in [-0.05, 0) is 5.56 Å². The Kier molecular flexibility index (Phi) is 5.09. The first kappa shape index (κ1) is 16.0. The molecule has 3 N–H and O–H groups in total. The molecule has 0 aliphatic heterocycles. The third kappa shape index (κ3) is 4.88. The number of halogens is 3. The van der Waals surface area contributed by atoms with Crippen LogP contribution in [0.5, 0.6) is 0 Å². The molecule has 0 aliphatic carbocycles. The van der Waals surface area contributed by atoms with Gasteiger partial charge in [-0.25, -0.2) is 0 Å². The summed E-state index contributed by atoms with van der Waals surface area (Å²) in [6.07, 6.45) is -4.69. The van der Waals surface area contributed by atoms with Gasteiger partial charge in [0, 0.05) is 0 Å². The van der Waals surface area contributed by atoms with Crippen LogP contribution in [-0.4, -0.2) is 41.1 Å². The van der Waals surface area contributed by atoms with Crippen LogP contribution in [0, 0.1) is 0 Å². The molecule has 0 heterocycles. The molecule has 0 fully saturated rings. The Morgan fingerprint density at radius 3 is 2.25 bits per heavy atom. The van der Waals surface area contributed by atoms with Crippen LogP contribution in [0.4, 0.5) is 13.2 Å². The van der Waals surface area contributed by atoms with E-state index in [0.717, 1.165) is 0 Å². The van der Waals surface area contributed by atoms with Crippen LogP contribution < -0.4 is 5.73 Å². The largest absolute Gasteiger partial charge is 0.480 e. The number of hydrogen-bond donors (Lipinski definition) is 2. The van der Waals surface area contributed by atoms with E-state index in [0.29, 0.717) is 5.56 Å². The van der Waals surface area contributed by atoms with E-state index >= 15 is 0 Å². The smallest absolute Gasteiger partial charge is 0.406 e. The van der Waals surface area contributed by atoms with E-state index in [1.807, 2.05) is 0 Å². The van der Waals surface area contributed by atoms with E-state index in [2.05, 4.69) is 0 Å². The van der Waals surface area contributed by atoms with Crippen molar-refractivity contribution in [3.63, 3.8) is 0 Å². The second-order valence-electron chi connectivity index (χ2n) is 4.09. The van der Waals surface area contributed by atoms with Crippen molar-refractivity contribution in [1.29, 1.82) is 0 Å². The lowest BCUT2D eigenvalue weighted by Gasteiger charge is -2.25. The fraction of sp³-hybridized carbons (Fsp3) is 0.333. The number of nitrogens with two attached hydrogens (primary N) is 1. The molecule has 0 saturated heterocycles. The highest BCUT2D eigenvalue weighted by Gasteiger charge is 2.35. The monoisotopic (exact) mass is 290 g/mol. The SMILES string of the molecule is N[C@@H](C(=O)N(CC(=O)O)CC(F)(F)F)c1ccccc1. The first-order valence-corrected chi connectivity index (χ1v) is 5.58. The second kappa shape index (κ2) is 6.38. The number of rotatable bonds is 5. The summed E-state index contributed by atoms with van der Waals surface area (Å²) in [6.45, 7) is -2.71. The minimum Gasteiger partial charge on any atom is -0.480 e. The number of benzene rings is 1. The number of alkyl halides is 3. The molecule has 110 valence electrons. The van der Waals surface area contributed by atoms with Crippen molar-refractivity contribution >= 4 is 11.9 Å². The third-order valence-corrected chi connectivity index (χ3v) is 2.43. The first-order chi connectivity index (χ1) is 9.20. The molecule has 0 saturated carbocycles. The van der Waals surface area contributed by atoms with Gasteiger partial charge in [0.2, 0.25) is 5.91 Å². The van der Waals surface area contributed by atoms with Crippen molar-refractivity contribution in [3.8, 4) is 0 Å². The fourth-order valence-corrected chi connectivity index (χ4v) is 1.59. The molecule has 0 spiro atoms. The van der Waals surface area contributed by atoms with Crippen molar-refractivity contribution in [3.05, 3.63) is 35.9 Å². The molecule has 1 amide bonds. The summed E-state index contributed by atoms with van der Waals surface area (Å²) in [7, 11) is 0. The lowest BCUT2D eigenvalue weighted by Crippen LogP contribution is -2.46. The summed E-state index contributed by atoms with van der Waals surface area (Å²) < 4.78 is 37.1. The molecule has 0 bridgehead atoms. The minimum absolute atomic E-state index is 0.181. The molecule has 1 atom stereocenters. The van der Waals surface area contributed by atoms with Gasteiger partial charge in [0.05, 0.1) is 0 Å². The summed E-state index contributed by atoms with van der Waals surface area (Å²) in [4.78, 5) is 22.6. The molecular weight excluding hydrogens is 277 g/mol. The average molecular weight is 290 g/mol. The number of carbonyl (C=O) groups is 2.